The van der Waals surface area contributed by atoms with E-state index in [0.29, 0.717) is 54.2 Å². The van der Waals surface area contributed by atoms with Gasteiger partial charge in [-0.1, -0.05) is 0 Å². The summed E-state index contributed by atoms with van der Waals surface area (Å²) < 4.78 is 57.4. The third-order valence-electron chi connectivity index (χ3n) is 9.31. The maximum atomic E-state index is 14.6. The van der Waals surface area contributed by atoms with Crippen LogP contribution in [0.4, 0.5) is 28.9 Å². The lowest BCUT2D eigenvalue weighted by atomic mass is 9.85. The summed E-state index contributed by atoms with van der Waals surface area (Å²) in [6.07, 6.45) is -1.95. The molecule has 2 fully saturated rings. The predicted molar refractivity (Wildman–Crippen MR) is 176 cm³/mol. The van der Waals surface area contributed by atoms with E-state index in [1.54, 1.807) is 47.6 Å². The molecule has 2 aliphatic heterocycles. The molecule has 0 radical (unpaired) electrons. The number of halogens is 4. The number of fused-ring (bicyclic) bond motifs is 1. The third-order valence-corrected chi connectivity index (χ3v) is 9.31. The number of amides is 2. The highest BCUT2D eigenvalue weighted by molar-refractivity contribution is 6.00. The first kappa shape index (κ1) is 32.2. The summed E-state index contributed by atoms with van der Waals surface area (Å²) in [7, 11) is 0. The molecule has 0 spiro atoms. The summed E-state index contributed by atoms with van der Waals surface area (Å²) >= 11 is 0. The van der Waals surface area contributed by atoms with E-state index in [0.717, 1.165) is 11.3 Å². The van der Waals surface area contributed by atoms with Crippen LogP contribution in [0.2, 0.25) is 0 Å². The second-order valence-electron chi connectivity index (χ2n) is 12.3. The van der Waals surface area contributed by atoms with Gasteiger partial charge in [-0.2, -0.15) is 18.3 Å². The average molecular weight is 673 g/mol. The normalized spacial score (nSPS) is 18.6. The van der Waals surface area contributed by atoms with E-state index >= 15 is 0 Å². The van der Waals surface area contributed by atoms with Crippen molar-refractivity contribution in [1.29, 1.82) is 0 Å². The Labute approximate surface area is 278 Å². The number of hydrogen-bond acceptors (Lipinski definition) is 7. The molecule has 14 heteroatoms. The number of likely N-dealkylation sites (tertiary alicyclic amines) is 1. The number of benzene rings is 3. The van der Waals surface area contributed by atoms with Crippen molar-refractivity contribution in [3.05, 3.63) is 91.0 Å². The van der Waals surface area contributed by atoms with Gasteiger partial charge in [0.05, 0.1) is 17.8 Å². The molecule has 10 nitrogen and oxygen atoms in total. The number of carbonyl (C=O) groups excluding carboxylic acids is 2. The number of alkyl halides is 3. The van der Waals surface area contributed by atoms with Crippen molar-refractivity contribution in [2.75, 3.05) is 56.0 Å². The number of hydrogen-bond donors (Lipinski definition) is 2. The number of anilines is 2. The topological polar surface area (TPSA) is 110 Å². The highest BCUT2D eigenvalue weighted by atomic mass is 19.4. The van der Waals surface area contributed by atoms with E-state index in [-0.39, 0.29) is 24.7 Å². The largest absolute Gasteiger partial charge is 0.404 e. The molecule has 0 aliphatic carbocycles. The smallest absolute Gasteiger partial charge is 0.368 e. The van der Waals surface area contributed by atoms with Crippen molar-refractivity contribution in [3.8, 4) is 22.6 Å². The summed E-state index contributed by atoms with van der Waals surface area (Å²) in [6, 6.07) is 19.9. The second kappa shape index (κ2) is 12.9. The fourth-order valence-corrected chi connectivity index (χ4v) is 6.51. The Bertz CT molecular complexity index is 1960. The number of nitrogens with zero attached hydrogens (tertiary/aromatic N) is 6. The quantitative estimate of drug-likeness (QED) is 0.224. The molecule has 252 valence electrons. The molecule has 1 unspecified atom stereocenters. The lowest BCUT2D eigenvalue weighted by Crippen LogP contribution is -2.52. The fraction of sp³-hybridized carbons (Fsp3) is 0.286. The van der Waals surface area contributed by atoms with E-state index in [2.05, 4.69) is 30.4 Å². The van der Waals surface area contributed by atoms with Crippen LogP contribution in [0.15, 0.2) is 85.2 Å². The lowest BCUT2D eigenvalue weighted by molar-refractivity contribution is -0.215. The van der Waals surface area contributed by atoms with E-state index in [1.807, 2.05) is 24.3 Å². The average Bonchev–Trinajstić information content (AvgIpc) is 3.74. The molecular formula is C35H32F4N8O2. The first-order valence-corrected chi connectivity index (χ1v) is 15.8. The van der Waals surface area contributed by atoms with Crippen LogP contribution in [0.3, 0.4) is 0 Å². The van der Waals surface area contributed by atoms with Crippen molar-refractivity contribution in [1.82, 2.24) is 30.0 Å². The van der Waals surface area contributed by atoms with Crippen molar-refractivity contribution in [3.63, 3.8) is 0 Å². The Hall–Kier alpha value is -5.37. The van der Waals surface area contributed by atoms with Crippen LogP contribution in [-0.4, -0.2) is 93.8 Å². The standard InChI is InChI=1S/C35H32F4N8O2/c36-25-6-2-23(3-7-25)31-28-20-26(8-11-29(28)43-44-31)42-33(49)34(35(37,38)39)12-15-45(22-34)21-30(48)47-18-16-46(17-19-47)27-9-4-24(5-10-27)32-40-13-1-14-41-32/h1-11,13-14,20H,12,15-19,21-22H2,(H,42,49)(H,43,44). The number of nitrogens with one attached hydrogen (secondary N) is 2. The third kappa shape index (κ3) is 6.43. The molecule has 3 aromatic carbocycles. The zero-order valence-corrected chi connectivity index (χ0v) is 26.3. The molecule has 2 saturated heterocycles. The van der Waals surface area contributed by atoms with Gasteiger partial charge in [0.15, 0.2) is 11.2 Å². The number of piperazine rings is 1. The van der Waals surface area contributed by atoms with Crippen LogP contribution < -0.4 is 10.2 Å². The van der Waals surface area contributed by atoms with Gasteiger partial charge in [-0.3, -0.25) is 19.6 Å². The van der Waals surface area contributed by atoms with Gasteiger partial charge in [0.2, 0.25) is 11.8 Å². The van der Waals surface area contributed by atoms with Crippen molar-refractivity contribution < 1.29 is 27.2 Å². The van der Waals surface area contributed by atoms with Crippen LogP contribution in [0, 0.1) is 11.2 Å². The molecule has 7 rings (SSSR count). The molecule has 0 saturated carbocycles. The minimum atomic E-state index is -4.85. The number of rotatable bonds is 7. The van der Waals surface area contributed by atoms with Crippen molar-refractivity contribution >= 4 is 34.1 Å². The highest BCUT2D eigenvalue weighted by Crippen LogP contribution is 2.46. The number of aromatic amines is 1. The monoisotopic (exact) mass is 672 g/mol. The van der Waals surface area contributed by atoms with Crippen LogP contribution in [0.1, 0.15) is 6.42 Å². The van der Waals surface area contributed by atoms with Gasteiger partial charge < -0.3 is 15.1 Å². The van der Waals surface area contributed by atoms with Crippen LogP contribution >= 0.6 is 0 Å². The zero-order chi connectivity index (χ0) is 34.2. The highest BCUT2D eigenvalue weighted by Gasteiger charge is 2.63. The summed E-state index contributed by atoms with van der Waals surface area (Å²) in [5, 5.41) is 10.2. The van der Waals surface area contributed by atoms with Gasteiger partial charge in [-0.15, -0.1) is 0 Å². The fourth-order valence-electron chi connectivity index (χ4n) is 6.51. The SMILES string of the molecule is O=C(CN1CCC(C(=O)Nc2ccc3[nH]nc(-c4ccc(F)cc4)c3c2)(C(F)(F)F)C1)N1CCN(c2ccc(-c3ncccn3)cc2)CC1. The predicted octanol–water partition coefficient (Wildman–Crippen LogP) is 5.37. The number of aromatic nitrogens is 4. The Balaban J connectivity index is 0.977. The van der Waals surface area contributed by atoms with Gasteiger partial charge in [-0.25, -0.2) is 14.4 Å². The van der Waals surface area contributed by atoms with Crippen LogP contribution in [0.25, 0.3) is 33.5 Å². The van der Waals surface area contributed by atoms with Gasteiger partial charge in [0, 0.05) is 79.6 Å². The summed E-state index contributed by atoms with van der Waals surface area (Å²) in [6.45, 7) is 1.12. The molecule has 4 heterocycles. The molecular weight excluding hydrogens is 640 g/mol. The maximum absolute atomic E-state index is 14.6. The zero-order valence-electron chi connectivity index (χ0n) is 26.3. The molecule has 49 heavy (non-hydrogen) atoms. The molecule has 2 aliphatic rings. The molecule has 0 bridgehead atoms. The molecule has 2 N–H and O–H groups in total. The maximum Gasteiger partial charge on any atom is 0.404 e. The minimum absolute atomic E-state index is 0.0500. The Kier molecular flexibility index (Phi) is 8.49. The van der Waals surface area contributed by atoms with Crippen molar-refractivity contribution in [2.45, 2.75) is 12.6 Å². The minimum Gasteiger partial charge on any atom is -0.368 e. The van der Waals surface area contributed by atoms with Gasteiger partial charge in [0.1, 0.15) is 5.82 Å². The van der Waals surface area contributed by atoms with E-state index in [1.165, 1.54) is 23.1 Å². The second-order valence-corrected chi connectivity index (χ2v) is 12.3. The van der Waals surface area contributed by atoms with E-state index in [9.17, 15) is 27.2 Å². The Morgan fingerprint density at radius 3 is 2.27 bits per heavy atom. The Morgan fingerprint density at radius 1 is 0.878 bits per heavy atom. The van der Waals surface area contributed by atoms with E-state index < -0.39 is 36.3 Å². The number of carbonyl (C=O) groups is 2. The van der Waals surface area contributed by atoms with Crippen molar-refractivity contribution in [2.24, 2.45) is 5.41 Å². The first-order valence-electron chi connectivity index (χ1n) is 15.8. The van der Waals surface area contributed by atoms with Crippen LogP contribution in [0.5, 0.6) is 0 Å². The summed E-state index contributed by atoms with van der Waals surface area (Å²) in [5.74, 6) is -1.24. The van der Waals surface area contributed by atoms with Gasteiger partial charge >= 0.3 is 6.18 Å². The Morgan fingerprint density at radius 2 is 1.57 bits per heavy atom. The lowest BCUT2D eigenvalue weighted by Gasteiger charge is -2.37. The summed E-state index contributed by atoms with van der Waals surface area (Å²) in [4.78, 5) is 40.4. The number of H-pyrrole nitrogens is 1. The van der Waals surface area contributed by atoms with Crippen LogP contribution in [-0.2, 0) is 9.59 Å². The van der Waals surface area contributed by atoms with E-state index in [4.69, 9.17) is 0 Å². The molecule has 1 atom stereocenters. The first-order chi connectivity index (χ1) is 23.6. The van der Waals surface area contributed by atoms with Gasteiger partial charge in [-0.05, 0) is 79.2 Å². The summed E-state index contributed by atoms with van der Waals surface area (Å²) in [5.41, 5.74) is 1.04. The molecule has 2 amide bonds. The molecule has 2 aromatic heterocycles. The van der Waals surface area contributed by atoms with Gasteiger partial charge in [0.25, 0.3) is 0 Å². The molecule has 5 aromatic rings.